The van der Waals surface area contributed by atoms with Gasteiger partial charge in [0.15, 0.2) is 11.3 Å². The van der Waals surface area contributed by atoms with Gasteiger partial charge in [0.1, 0.15) is 12.1 Å². The first-order valence-corrected chi connectivity index (χ1v) is 5.89. The summed E-state index contributed by atoms with van der Waals surface area (Å²) in [5.74, 6) is 0.540. The Hall–Kier alpha value is -1.43. The molecule has 0 aliphatic heterocycles. The van der Waals surface area contributed by atoms with Crippen molar-refractivity contribution in [3.63, 3.8) is 0 Å². The van der Waals surface area contributed by atoms with Gasteiger partial charge >= 0.3 is 0 Å². The summed E-state index contributed by atoms with van der Waals surface area (Å²) in [6, 6.07) is 0. The van der Waals surface area contributed by atoms with Gasteiger partial charge in [-0.25, -0.2) is 9.67 Å². The summed E-state index contributed by atoms with van der Waals surface area (Å²) in [4.78, 5) is 15.4. The molecule has 2 aromatic rings. The quantitative estimate of drug-likeness (QED) is 0.870. The molecular weight excluding hydrogens is 286 g/mol. The number of aryl methyl sites for hydroxylation is 1. The lowest BCUT2D eigenvalue weighted by atomic mass is 10.2. The van der Waals surface area contributed by atoms with E-state index in [9.17, 15) is 4.79 Å². The first kappa shape index (κ1) is 12.0. The van der Waals surface area contributed by atoms with E-state index < -0.39 is 0 Å². The summed E-state index contributed by atoms with van der Waals surface area (Å²) in [6.45, 7) is 3.65. The van der Waals surface area contributed by atoms with Crippen LogP contribution in [-0.4, -0.2) is 27.7 Å². The number of pyridine rings is 1. The largest absolute Gasteiger partial charge is 0.480 e. The second kappa shape index (κ2) is 4.44. The number of carbonyl (C=O) groups excluding carboxylic acids is 1. The maximum atomic E-state index is 11.2. The number of hydrogen-bond donors (Lipinski definition) is 0. The smallest absolute Gasteiger partial charge is 0.239 e. The van der Waals surface area contributed by atoms with Crippen molar-refractivity contribution in [3.05, 3.63) is 16.2 Å². The first-order chi connectivity index (χ1) is 8.04. The molecule has 2 heterocycles. The van der Waals surface area contributed by atoms with Gasteiger partial charge in [0.2, 0.25) is 5.88 Å². The zero-order valence-corrected chi connectivity index (χ0v) is 11.4. The Labute approximate surface area is 107 Å². The number of methoxy groups -OCH3 is 1. The third kappa shape index (κ3) is 2.04. The number of ketones is 1. The molecule has 2 rings (SSSR count). The molecule has 0 saturated carbocycles. The summed E-state index contributed by atoms with van der Waals surface area (Å²) in [6.07, 6.45) is 1.71. The minimum absolute atomic E-state index is 0.0211. The number of Topliss-reactive ketones (excluding diaryl/α,β-unsaturated/α-hetero) is 1. The Bertz CT molecular complexity index is 592. The highest BCUT2D eigenvalue weighted by atomic mass is 79.9. The molecule has 0 saturated heterocycles. The molecule has 0 atom stereocenters. The van der Waals surface area contributed by atoms with Gasteiger partial charge in [-0.15, -0.1) is 0 Å². The number of fused-ring (bicyclic) bond motifs is 1. The van der Waals surface area contributed by atoms with Crippen molar-refractivity contribution in [2.45, 2.75) is 20.4 Å². The van der Waals surface area contributed by atoms with E-state index in [1.807, 2.05) is 6.92 Å². The maximum absolute atomic E-state index is 11.2. The minimum atomic E-state index is 0.0211. The fourth-order valence-corrected chi connectivity index (χ4v) is 1.95. The summed E-state index contributed by atoms with van der Waals surface area (Å²) in [5, 5.41) is 4.36. The molecule has 2 aromatic heterocycles. The van der Waals surface area contributed by atoms with Crippen molar-refractivity contribution in [1.82, 2.24) is 14.8 Å². The number of rotatable bonds is 3. The Morgan fingerprint density at radius 3 is 2.82 bits per heavy atom. The topological polar surface area (TPSA) is 57.0 Å². The van der Waals surface area contributed by atoms with Gasteiger partial charge in [0, 0.05) is 10.7 Å². The molecule has 0 N–H and O–H groups in total. The van der Waals surface area contributed by atoms with Crippen LogP contribution in [-0.2, 0) is 11.3 Å². The monoisotopic (exact) mass is 297 g/mol. The summed E-state index contributed by atoms with van der Waals surface area (Å²) in [7, 11) is 1.55. The maximum Gasteiger partial charge on any atom is 0.239 e. The molecule has 17 heavy (non-hydrogen) atoms. The normalized spacial score (nSPS) is 10.8. The number of halogens is 1. The second-order valence-electron chi connectivity index (χ2n) is 3.80. The molecule has 0 spiro atoms. The summed E-state index contributed by atoms with van der Waals surface area (Å²) in [5.41, 5.74) is 2.41. The first-order valence-electron chi connectivity index (χ1n) is 5.09. The van der Waals surface area contributed by atoms with Crippen molar-refractivity contribution in [2.75, 3.05) is 7.11 Å². The second-order valence-corrected chi connectivity index (χ2v) is 4.65. The van der Waals surface area contributed by atoms with Crippen molar-refractivity contribution in [3.8, 4) is 5.88 Å². The average molecular weight is 298 g/mol. The van der Waals surface area contributed by atoms with E-state index in [0.29, 0.717) is 11.4 Å². The van der Waals surface area contributed by atoms with Crippen LogP contribution in [0.5, 0.6) is 5.88 Å². The highest BCUT2D eigenvalue weighted by Gasteiger charge is 2.16. The lowest BCUT2D eigenvalue weighted by Crippen LogP contribution is -2.09. The minimum Gasteiger partial charge on any atom is -0.480 e. The zero-order valence-electron chi connectivity index (χ0n) is 9.82. The Kier molecular flexibility index (Phi) is 3.15. The third-order valence-electron chi connectivity index (χ3n) is 2.47. The molecule has 0 aliphatic carbocycles. The Morgan fingerprint density at radius 1 is 1.53 bits per heavy atom. The fourth-order valence-electron chi connectivity index (χ4n) is 1.66. The molecule has 0 fully saturated rings. The van der Waals surface area contributed by atoms with E-state index in [1.54, 1.807) is 18.0 Å². The molecule has 6 heteroatoms. The van der Waals surface area contributed by atoms with Crippen molar-refractivity contribution in [1.29, 1.82) is 0 Å². The molecule has 0 bridgehead atoms. The van der Waals surface area contributed by atoms with Crippen LogP contribution in [0.2, 0.25) is 0 Å². The number of carbonyl (C=O) groups is 1. The van der Waals surface area contributed by atoms with Gasteiger partial charge in [0.05, 0.1) is 7.11 Å². The van der Waals surface area contributed by atoms with Crippen LogP contribution < -0.4 is 4.74 Å². The van der Waals surface area contributed by atoms with Crippen LogP contribution in [0.4, 0.5) is 0 Å². The van der Waals surface area contributed by atoms with Gasteiger partial charge < -0.3 is 4.74 Å². The van der Waals surface area contributed by atoms with Gasteiger partial charge in [-0.1, -0.05) is 0 Å². The Morgan fingerprint density at radius 2 is 2.24 bits per heavy atom. The fraction of sp³-hybridized carbons (Fsp3) is 0.364. The standard InChI is InChI=1S/C11H12BrN3O2/c1-6(16)5-15-11(17-3)10-9(14-15)7(2)8(12)4-13-10/h4H,5H2,1-3H3. The molecule has 0 amide bonds. The summed E-state index contributed by atoms with van der Waals surface area (Å²) >= 11 is 3.40. The molecule has 0 unspecified atom stereocenters. The molecule has 0 radical (unpaired) electrons. The lowest BCUT2D eigenvalue weighted by Gasteiger charge is -2.02. The molecule has 0 aromatic carbocycles. The summed E-state index contributed by atoms with van der Waals surface area (Å²) < 4.78 is 7.69. The predicted molar refractivity (Wildman–Crippen MR) is 67.2 cm³/mol. The predicted octanol–water partition coefficient (Wildman–Crippen LogP) is 2.10. The molecule has 90 valence electrons. The van der Waals surface area contributed by atoms with Crippen molar-refractivity contribution >= 4 is 32.7 Å². The van der Waals surface area contributed by atoms with E-state index in [1.165, 1.54) is 6.92 Å². The van der Waals surface area contributed by atoms with Crippen molar-refractivity contribution < 1.29 is 9.53 Å². The van der Waals surface area contributed by atoms with Gasteiger partial charge in [-0.2, -0.15) is 5.10 Å². The highest BCUT2D eigenvalue weighted by Crippen LogP contribution is 2.29. The van der Waals surface area contributed by atoms with E-state index in [0.717, 1.165) is 15.6 Å². The molecule has 5 nitrogen and oxygen atoms in total. The van der Waals surface area contributed by atoms with Gasteiger partial charge in [0.25, 0.3) is 0 Å². The molecule has 0 aliphatic rings. The lowest BCUT2D eigenvalue weighted by molar-refractivity contribution is -0.117. The van der Waals surface area contributed by atoms with Crippen LogP contribution in [0.1, 0.15) is 12.5 Å². The van der Waals surface area contributed by atoms with Crippen LogP contribution in [0.3, 0.4) is 0 Å². The number of hydrogen-bond acceptors (Lipinski definition) is 4. The third-order valence-corrected chi connectivity index (χ3v) is 3.27. The number of nitrogens with zero attached hydrogens (tertiary/aromatic N) is 3. The van der Waals surface area contributed by atoms with E-state index in [2.05, 4.69) is 26.0 Å². The average Bonchev–Trinajstić information content (AvgIpc) is 2.61. The molecular formula is C11H12BrN3O2. The SMILES string of the molecule is COc1c2ncc(Br)c(C)c2nn1CC(C)=O. The van der Waals surface area contributed by atoms with E-state index in [4.69, 9.17) is 4.74 Å². The van der Waals surface area contributed by atoms with Crippen molar-refractivity contribution in [2.24, 2.45) is 0 Å². The van der Waals surface area contributed by atoms with Crippen LogP contribution in [0, 0.1) is 6.92 Å². The van der Waals surface area contributed by atoms with E-state index >= 15 is 0 Å². The van der Waals surface area contributed by atoms with Crippen LogP contribution in [0.25, 0.3) is 11.0 Å². The van der Waals surface area contributed by atoms with E-state index in [-0.39, 0.29) is 12.3 Å². The van der Waals surface area contributed by atoms with Gasteiger partial charge in [-0.05, 0) is 35.3 Å². The number of aromatic nitrogens is 3. The van der Waals surface area contributed by atoms with Gasteiger partial charge in [-0.3, -0.25) is 4.79 Å². The Balaban J connectivity index is 2.70. The highest BCUT2D eigenvalue weighted by molar-refractivity contribution is 9.10. The zero-order chi connectivity index (χ0) is 12.6. The van der Waals surface area contributed by atoms with Crippen LogP contribution in [0.15, 0.2) is 10.7 Å². The number of ether oxygens (including phenoxy) is 1. The van der Waals surface area contributed by atoms with Crippen LogP contribution >= 0.6 is 15.9 Å².